The normalized spacial score (nSPS) is 10.7. The fraction of sp³-hybridized carbons (Fsp3) is 0.0909. The molecule has 1 amide bonds. The Labute approximate surface area is 171 Å². The Morgan fingerprint density at radius 2 is 1.70 bits per heavy atom. The maximum atomic E-state index is 12.8. The van der Waals surface area contributed by atoms with Crippen molar-refractivity contribution in [1.29, 1.82) is 0 Å². The molecule has 0 spiro atoms. The van der Waals surface area contributed by atoms with E-state index in [-0.39, 0.29) is 23.0 Å². The third-order valence-corrected chi connectivity index (χ3v) is 4.44. The molecule has 30 heavy (non-hydrogen) atoms. The molecule has 1 heterocycles. The highest BCUT2D eigenvalue weighted by Crippen LogP contribution is 2.26. The van der Waals surface area contributed by atoms with Gasteiger partial charge in [-0.05, 0) is 48.7 Å². The van der Waals surface area contributed by atoms with E-state index in [1.165, 1.54) is 6.07 Å². The van der Waals surface area contributed by atoms with E-state index in [1.807, 2.05) is 6.92 Å². The van der Waals surface area contributed by atoms with Gasteiger partial charge in [0, 0.05) is 16.5 Å². The van der Waals surface area contributed by atoms with E-state index < -0.39 is 11.9 Å². The molecule has 3 aromatic carbocycles. The van der Waals surface area contributed by atoms with Crippen molar-refractivity contribution in [3.8, 4) is 17.2 Å². The number of benzene rings is 3. The summed E-state index contributed by atoms with van der Waals surface area (Å²) < 4.78 is 10.9. The molecule has 0 radical (unpaired) electrons. The van der Waals surface area contributed by atoms with Gasteiger partial charge in [0.05, 0.1) is 12.2 Å². The minimum atomic E-state index is -1.11. The monoisotopic (exact) mass is 403 g/mol. The number of rotatable bonds is 6. The lowest BCUT2D eigenvalue weighted by Crippen LogP contribution is -2.14. The summed E-state index contributed by atoms with van der Waals surface area (Å²) in [6.45, 7) is 2.46. The Kier molecular flexibility index (Phi) is 5.13. The molecule has 0 bridgehead atoms. The van der Waals surface area contributed by atoms with Gasteiger partial charge in [-0.3, -0.25) is 10.1 Å². The first kappa shape index (κ1) is 19.1. The Morgan fingerprint density at radius 3 is 2.37 bits per heavy atom. The molecule has 4 rings (SSSR count). The molecule has 0 fully saturated rings. The predicted molar refractivity (Wildman–Crippen MR) is 110 cm³/mol. The second kappa shape index (κ2) is 8.04. The topological polar surface area (TPSA) is 115 Å². The minimum Gasteiger partial charge on any atom is -0.494 e. The van der Waals surface area contributed by atoms with Gasteiger partial charge in [-0.15, -0.1) is 5.10 Å². The van der Waals surface area contributed by atoms with Crippen LogP contribution in [-0.2, 0) is 0 Å². The number of aromatic nitrogens is 2. The highest BCUT2D eigenvalue weighted by atomic mass is 16.5. The van der Waals surface area contributed by atoms with Gasteiger partial charge in [0.1, 0.15) is 5.75 Å². The van der Waals surface area contributed by atoms with Crippen molar-refractivity contribution in [2.75, 3.05) is 11.9 Å². The quantitative estimate of drug-likeness (QED) is 0.495. The zero-order valence-corrected chi connectivity index (χ0v) is 16.0. The fourth-order valence-corrected chi connectivity index (χ4v) is 3.12. The molecule has 0 saturated carbocycles. The Balaban J connectivity index is 1.60. The van der Waals surface area contributed by atoms with Crippen molar-refractivity contribution in [3.63, 3.8) is 0 Å². The standard InChI is InChI=1S/C22H17N3O5/c1-2-29-15-11-9-14(10-12-15)20-24-25-22(30-20)23-19(26)16-7-3-5-13-6-4-8-17(18(13)16)21(27)28/h3-12H,2H2,1H3,(H,27,28)(H,23,25,26). The lowest BCUT2D eigenvalue weighted by atomic mass is 9.99. The average molecular weight is 403 g/mol. The Bertz CT molecular complexity index is 1230. The lowest BCUT2D eigenvalue weighted by Gasteiger charge is -2.08. The van der Waals surface area contributed by atoms with Crippen molar-refractivity contribution >= 4 is 28.7 Å². The number of hydrogen-bond donors (Lipinski definition) is 2. The number of amides is 1. The summed E-state index contributed by atoms with van der Waals surface area (Å²) >= 11 is 0. The summed E-state index contributed by atoms with van der Waals surface area (Å²) in [5.41, 5.74) is 0.912. The molecule has 4 aromatic rings. The molecule has 1 aromatic heterocycles. The third kappa shape index (κ3) is 3.70. The average Bonchev–Trinajstić information content (AvgIpc) is 3.22. The summed E-state index contributed by atoms with van der Waals surface area (Å²) in [7, 11) is 0. The molecule has 0 unspecified atom stereocenters. The predicted octanol–water partition coefficient (Wildman–Crippen LogP) is 4.24. The van der Waals surface area contributed by atoms with E-state index in [1.54, 1.807) is 54.6 Å². The van der Waals surface area contributed by atoms with Crippen LogP contribution in [0.15, 0.2) is 65.1 Å². The number of ether oxygens (including phenoxy) is 1. The van der Waals surface area contributed by atoms with Crippen LogP contribution in [-0.4, -0.2) is 33.8 Å². The molecule has 0 aliphatic heterocycles. The fourth-order valence-electron chi connectivity index (χ4n) is 3.12. The molecule has 8 nitrogen and oxygen atoms in total. The summed E-state index contributed by atoms with van der Waals surface area (Å²) in [6.07, 6.45) is 0. The van der Waals surface area contributed by atoms with Crippen molar-refractivity contribution < 1.29 is 23.8 Å². The summed E-state index contributed by atoms with van der Waals surface area (Å²) in [5.74, 6) is -0.704. The van der Waals surface area contributed by atoms with E-state index >= 15 is 0 Å². The first-order chi connectivity index (χ1) is 14.6. The first-order valence-corrected chi connectivity index (χ1v) is 9.20. The zero-order valence-electron chi connectivity index (χ0n) is 16.0. The van der Waals surface area contributed by atoms with Crippen LogP contribution in [0.5, 0.6) is 5.75 Å². The molecular weight excluding hydrogens is 386 g/mol. The number of nitrogens with one attached hydrogen (secondary N) is 1. The van der Waals surface area contributed by atoms with Gasteiger partial charge in [0.15, 0.2) is 0 Å². The lowest BCUT2D eigenvalue weighted by molar-refractivity contribution is 0.0699. The summed E-state index contributed by atoms with van der Waals surface area (Å²) in [4.78, 5) is 24.4. The number of nitrogens with zero attached hydrogens (tertiary/aromatic N) is 2. The van der Waals surface area contributed by atoms with E-state index in [9.17, 15) is 14.7 Å². The number of carbonyl (C=O) groups excluding carboxylic acids is 1. The Hall–Kier alpha value is -4.20. The molecule has 0 atom stereocenters. The largest absolute Gasteiger partial charge is 0.494 e. The van der Waals surface area contributed by atoms with E-state index in [4.69, 9.17) is 9.15 Å². The van der Waals surface area contributed by atoms with Gasteiger partial charge in [-0.25, -0.2) is 4.79 Å². The highest BCUT2D eigenvalue weighted by molar-refractivity contribution is 6.17. The van der Waals surface area contributed by atoms with Crippen molar-refractivity contribution in [2.24, 2.45) is 0 Å². The van der Waals surface area contributed by atoms with Crippen molar-refractivity contribution in [3.05, 3.63) is 71.8 Å². The minimum absolute atomic E-state index is 0.0406. The van der Waals surface area contributed by atoms with Crippen LogP contribution in [0.2, 0.25) is 0 Å². The van der Waals surface area contributed by atoms with Crippen LogP contribution in [0.25, 0.3) is 22.2 Å². The van der Waals surface area contributed by atoms with Crippen LogP contribution in [0.4, 0.5) is 6.01 Å². The van der Waals surface area contributed by atoms with Crippen molar-refractivity contribution in [1.82, 2.24) is 10.2 Å². The Morgan fingerprint density at radius 1 is 1.00 bits per heavy atom. The molecule has 150 valence electrons. The molecule has 0 saturated heterocycles. The van der Waals surface area contributed by atoms with Gasteiger partial charge in [-0.2, -0.15) is 0 Å². The number of fused-ring (bicyclic) bond motifs is 1. The van der Waals surface area contributed by atoms with Crippen LogP contribution < -0.4 is 10.1 Å². The third-order valence-electron chi connectivity index (χ3n) is 4.44. The van der Waals surface area contributed by atoms with Crippen LogP contribution in [0, 0.1) is 0 Å². The molecule has 8 heteroatoms. The summed E-state index contributed by atoms with van der Waals surface area (Å²) in [6, 6.07) is 16.8. The van der Waals surface area contributed by atoms with Gasteiger partial charge < -0.3 is 14.3 Å². The van der Waals surface area contributed by atoms with Gasteiger partial charge in [0.25, 0.3) is 5.91 Å². The number of carboxylic acid groups (broad SMARTS) is 1. The van der Waals surface area contributed by atoms with Crippen LogP contribution in [0.1, 0.15) is 27.6 Å². The number of carbonyl (C=O) groups is 2. The van der Waals surface area contributed by atoms with Gasteiger partial charge in [-0.1, -0.05) is 29.4 Å². The number of aromatic carboxylic acids is 1. The van der Waals surface area contributed by atoms with E-state index in [0.29, 0.717) is 22.9 Å². The van der Waals surface area contributed by atoms with E-state index in [0.717, 1.165) is 5.75 Å². The van der Waals surface area contributed by atoms with E-state index in [2.05, 4.69) is 15.5 Å². The zero-order chi connectivity index (χ0) is 21.1. The molecule has 2 N–H and O–H groups in total. The molecular formula is C22H17N3O5. The second-order valence-electron chi connectivity index (χ2n) is 6.34. The number of carboxylic acids is 1. The number of anilines is 1. The van der Waals surface area contributed by atoms with Gasteiger partial charge in [0.2, 0.25) is 5.89 Å². The second-order valence-corrected chi connectivity index (χ2v) is 6.34. The molecule has 0 aliphatic carbocycles. The SMILES string of the molecule is CCOc1ccc(-c2nnc(NC(=O)c3cccc4cccc(C(=O)O)c34)o2)cc1. The van der Waals surface area contributed by atoms with Crippen molar-refractivity contribution in [2.45, 2.75) is 6.92 Å². The number of hydrogen-bond acceptors (Lipinski definition) is 6. The maximum absolute atomic E-state index is 12.8. The highest BCUT2D eigenvalue weighted by Gasteiger charge is 2.18. The van der Waals surface area contributed by atoms with Crippen LogP contribution >= 0.6 is 0 Å². The first-order valence-electron chi connectivity index (χ1n) is 9.20. The van der Waals surface area contributed by atoms with Gasteiger partial charge >= 0.3 is 12.0 Å². The smallest absolute Gasteiger partial charge is 0.336 e. The van der Waals surface area contributed by atoms with Crippen LogP contribution in [0.3, 0.4) is 0 Å². The maximum Gasteiger partial charge on any atom is 0.336 e. The summed E-state index contributed by atoms with van der Waals surface area (Å²) in [5, 5.41) is 20.8. The molecule has 0 aliphatic rings.